The van der Waals surface area contributed by atoms with E-state index in [2.05, 4.69) is 0 Å². The number of benzene rings is 3. The standard InChI is InChI=1S/C32H30F4O2/c1-4-19-7-6-8-25(24(19)14-9-18(3)37)26-15-21(20-10-12-22(33)13-11-20)16-27(26)32(38)28-17-29(34)31(36)23(5-2)30(28)35/h6-8,10-13,16-17,26-27H,4-5,9,14-15H2,1-3H3. The fourth-order valence-electron chi connectivity index (χ4n) is 5.47. The Morgan fingerprint density at radius 3 is 2.24 bits per heavy atom. The van der Waals surface area contributed by atoms with Crippen LogP contribution in [0.1, 0.15) is 77.7 Å². The summed E-state index contributed by atoms with van der Waals surface area (Å²) < 4.78 is 57.5. The minimum absolute atomic E-state index is 0.0435. The molecule has 3 aromatic carbocycles. The van der Waals surface area contributed by atoms with Gasteiger partial charge >= 0.3 is 0 Å². The number of halogens is 4. The molecule has 38 heavy (non-hydrogen) atoms. The number of Topliss-reactive ketones (excluding diaryl/α,β-unsaturated/α-hetero) is 2. The van der Waals surface area contributed by atoms with Gasteiger partial charge in [0, 0.05) is 23.8 Å². The maximum absolute atomic E-state index is 15.3. The zero-order valence-electron chi connectivity index (χ0n) is 21.7. The van der Waals surface area contributed by atoms with Crippen LogP contribution >= 0.6 is 0 Å². The van der Waals surface area contributed by atoms with E-state index in [-0.39, 0.29) is 12.2 Å². The molecule has 0 saturated heterocycles. The number of ketones is 2. The molecule has 198 valence electrons. The summed E-state index contributed by atoms with van der Waals surface area (Å²) in [7, 11) is 0. The largest absolute Gasteiger partial charge is 0.300 e. The van der Waals surface area contributed by atoms with Crippen LogP contribution in [0, 0.1) is 29.2 Å². The molecule has 0 radical (unpaired) electrons. The first-order valence-electron chi connectivity index (χ1n) is 12.9. The Labute approximate surface area is 220 Å². The summed E-state index contributed by atoms with van der Waals surface area (Å²) in [6.45, 7) is 5.04. The van der Waals surface area contributed by atoms with Crippen LogP contribution in [-0.2, 0) is 24.1 Å². The van der Waals surface area contributed by atoms with E-state index in [0.29, 0.717) is 25.3 Å². The van der Waals surface area contributed by atoms with Crippen molar-refractivity contribution in [2.24, 2.45) is 5.92 Å². The summed E-state index contributed by atoms with van der Waals surface area (Å²) in [5.41, 5.74) is 3.47. The molecule has 2 nitrogen and oxygen atoms in total. The maximum atomic E-state index is 15.3. The van der Waals surface area contributed by atoms with Crippen molar-refractivity contribution in [3.63, 3.8) is 0 Å². The van der Waals surface area contributed by atoms with Crippen LogP contribution in [0.5, 0.6) is 0 Å². The van der Waals surface area contributed by atoms with Crippen LogP contribution in [0.2, 0.25) is 0 Å². The van der Waals surface area contributed by atoms with Crippen molar-refractivity contribution in [3.8, 4) is 0 Å². The highest BCUT2D eigenvalue weighted by atomic mass is 19.2. The van der Waals surface area contributed by atoms with Crippen molar-refractivity contribution in [2.75, 3.05) is 0 Å². The van der Waals surface area contributed by atoms with Gasteiger partial charge in [0.25, 0.3) is 0 Å². The predicted molar refractivity (Wildman–Crippen MR) is 140 cm³/mol. The van der Waals surface area contributed by atoms with Gasteiger partial charge in [-0.05, 0) is 78.6 Å². The Morgan fingerprint density at radius 1 is 0.895 bits per heavy atom. The highest BCUT2D eigenvalue weighted by Crippen LogP contribution is 2.46. The Balaban J connectivity index is 1.86. The highest BCUT2D eigenvalue weighted by molar-refractivity contribution is 6.02. The van der Waals surface area contributed by atoms with E-state index in [9.17, 15) is 22.8 Å². The van der Waals surface area contributed by atoms with Crippen molar-refractivity contribution < 1.29 is 27.2 Å². The molecule has 6 heteroatoms. The molecular weight excluding hydrogens is 492 g/mol. The van der Waals surface area contributed by atoms with Gasteiger partial charge in [-0.25, -0.2) is 17.6 Å². The molecule has 2 unspecified atom stereocenters. The fraction of sp³-hybridized carbons (Fsp3) is 0.312. The van der Waals surface area contributed by atoms with Gasteiger partial charge < -0.3 is 4.79 Å². The minimum atomic E-state index is -1.28. The number of rotatable bonds is 9. The topological polar surface area (TPSA) is 34.1 Å². The van der Waals surface area contributed by atoms with Crippen molar-refractivity contribution in [3.05, 3.63) is 111 Å². The summed E-state index contributed by atoms with van der Waals surface area (Å²) in [6, 6.07) is 12.4. The number of hydrogen-bond donors (Lipinski definition) is 0. The third kappa shape index (κ3) is 5.35. The normalized spacial score (nSPS) is 17.0. The monoisotopic (exact) mass is 522 g/mol. The summed E-state index contributed by atoms with van der Waals surface area (Å²) in [6.07, 6.45) is 3.60. The second-order valence-corrected chi connectivity index (χ2v) is 9.81. The van der Waals surface area contributed by atoms with Crippen LogP contribution in [-0.4, -0.2) is 11.6 Å². The number of allylic oxidation sites excluding steroid dienone is 2. The Bertz CT molecular complexity index is 1410. The van der Waals surface area contributed by atoms with Crippen molar-refractivity contribution in [1.29, 1.82) is 0 Å². The fourth-order valence-corrected chi connectivity index (χ4v) is 5.47. The second kappa shape index (κ2) is 11.5. The first kappa shape index (κ1) is 27.5. The summed E-state index contributed by atoms with van der Waals surface area (Å²) in [5, 5.41) is 0. The highest BCUT2D eigenvalue weighted by Gasteiger charge is 2.38. The zero-order chi connectivity index (χ0) is 27.6. The molecule has 0 amide bonds. The second-order valence-electron chi connectivity index (χ2n) is 9.81. The predicted octanol–water partition coefficient (Wildman–Crippen LogP) is 7.96. The van der Waals surface area contributed by atoms with Gasteiger partial charge in [-0.15, -0.1) is 0 Å². The SMILES string of the molecule is CCc1cccc(C2CC(c3ccc(F)cc3)=CC2C(=O)c2cc(F)c(F)c(CC)c2F)c1CCC(C)=O. The molecule has 0 spiro atoms. The number of hydrogen-bond acceptors (Lipinski definition) is 2. The van der Waals surface area contributed by atoms with Gasteiger partial charge in [0.2, 0.25) is 0 Å². The van der Waals surface area contributed by atoms with Crippen molar-refractivity contribution in [2.45, 2.75) is 58.8 Å². The molecule has 1 aliphatic rings. The van der Waals surface area contributed by atoms with Gasteiger partial charge in [-0.3, -0.25) is 4.79 Å². The third-order valence-corrected chi connectivity index (χ3v) is 7.45. The van der Waals surface area contributed by atoms with E-state index >= 15 is 4.39 Å². The van der Waals surface area contributed by atoms with E-state index in [0.717, 1.165) is 34.2 Å². The van der Waals surface area contributed by atoms with E-state index < -0.39 is 52.0 Å². The summed E-state index contributed by atoms with van der Waals surface area (Å²) in [4.78, 5) is 25.7. The van der Waals surface area contributed by atoms with Crippen LogP contribution in [0.4, 0.5) is 17.6 Å². The average molecular weight is 523 g/mol. The lowest BCUT2D eigenvalue weighted by Crippen LogP contribution is -2.22. The zero-order valence-corrected chi connectivity index (χ0v) is 21.7. The van der Waals surface area contributed by atoms with E-state index in [1.54, 1.807) is 18.2 Å². The quantitative estimate of drug-likeness (QED) is 0.162. The minimum Gasteiger partial charge on any atom is -0.300 e. The molecule has 0 heterocycles. The molecule has 0 fully saturated rings. The van der Waals surface area contributed by atoms with Gasteiger partial charge in [-0.2, -0.15) is 0 Å². The lowest BCUT2D eigenvalue weighted by atomic mass is 9.78. The summed E-state index contributed by atoms with van der Waals surface area (Å²) >= 11 is 0. The first-order chi connectivity index (χ1) is 18.2. The van der Waals surface area contributed by atoms with Crippen LogP contribution in [0.15, 0.2) is 54.6 Å². The van der Waals surface area contributed by atoms with Crippen LogP contribution < -0.4 is 0 Å². The smallest absolute Gasteiger partial charge is 0.173 e. The van der Waals surface area contributed by atoms with Crippen molar-refractivity contribution in [1.82, 2.24) is 0 Å². The van der Waals surface area contributed by atoms with Gasteiger partial charge in [0.05, 0.1) is 5.56 Å². The number of aryl methyl sites for hydroxylation is 1. The van der Waals surface area contributed by atoms with Crippen LogP contribution in [0.3, 0.4) is 0 Å². The molecule has 4 rings (SSSR count). The Kier molecular flexibility index (Phi) is 8.29. The van der Waals surface area contributed by atoms with E-state index in [4.69, 9.17) is 0 Å². The van der Waals surface area contributed by atoms with E-state index in [1.165, 1.54) is 26.0 Å². The lowest BCUT2D eigenvalue weighted by molar-refractivity contribution is -0.116. The molecule has 2 atom stereocenters. The third-order valence-electron chi connectivity index (χ3n) is 7.45. The molecule has 0 aliphatic heterocycles. The number of carbonyl (C=O) groups is 2. The van der Waals surface area contributed by atoms with E-state index in [1.807, 2.05) is 25.1 Å². The molecule has 0 aromatic heterocycles. The molecule has 0 saturated carbocycles. The molecule has 0 N–H and O–H groups in total. The van der Waals surface area contributed by atoms with Gasteiger partial charge in [0.15, 0.2) is 17.4 Å². The van der Waals surface area contributed by atoms with Gasteiger partial charge in [0.1, 0.15) is 17.4 Å². The lowest BCUT2D eigenvalue weighted by Gasteiger charge is -2.24. The summed E-state index contributed by atoms with van der Waals surface area (Å²) in [5.74, 6) is -5.86. The number of carbonyl (C=O) groups excluding carboxylic acids is 2. The van der Waals surface area contributed by atoms with Crippen molar-refractivity contribution >= 4 is 17.1 Å². The maximum Gasteiger partial charge on any atom is 0.173 e. The molecule has 0 bridgehead atoms. The van der Waals surface area contributed by atoms with Crippen LogP contribution in [0.25, 0.3) is 5.57 Å². The Morgan fingerprint density at radius 2 is 1.61 bits per heavy atom. The Hall–Kier alpha value is -3.54. The van der Waals surface area contributed by atoms with Gasteiger partial charge in [-0.1, -0.05) is 50.3 Å². The molecular formula is C32H30F4O2. The molecule has 3 aromatic rings. The average Bonchev–Trinajstić information content (AvgIpc) is 3.35. The molecule has 1 aliphatic carbocycles. The first-order valence-corrected chi connectivity index (χ1v) is 12.9.